The van der Waals surface area contributed by atoms with Crippen LogP contribution in [0.25, 0.3) is 0 Å². The van der Waals surface area contributed by atoms with Crippen LogP contribution in [0.15, 0.2) is 12.1 Å². The Labute approximate surface area is 93.9 Å². The number of aliphatic hydroxyl groups excluding tert-OH is 1. The lowest BCUT2D eigenvalue weighted by Crippen LogP contribution is -2.04. The molecule has 0 aliphatic heterocycles. The Balaban J connectivity index is 2.85. The van der Waals surface area contributed by atoms with Gasteiger partial charge in [-0.3, -0.25) is 0 Å². The van der Waals surface area contributed by atoms with Crippen molar-refractivity contribution in [2.24, 2.45) is 0 Å². The van der Waals surface area contributed by atoms with E-state index in [9.17, 15) is 8.78 Å². The standard InChI is InChI=1S/C12H16F2O2/c1-2-3-6-16-12-9(4-5-15)7-10(13)8-11(12)14/h7-8,15H,2-6H2,1H3. The van der Waals surface area contributed by atoms with Crippen LogP contribution in [0.2, 0.25) is 0 Å². The summed E-state index contributed by atoms with van der Waals surface area (Å²) in [7, 11) is 0. The molecule has 1 rings (SSSR count). The van der Waals surface area contributed by atoms with Crippen LogP contribution < -0.4 is 4.74 Å². The second-order valence-corrected chi connectivity index (χ2v) is 3.55. The van der Waals surface area contributed by atoms with Crippen molar-refractivity contribution in [3.63, 3.8) is 0 Å². The highest BCUT2D eigenvalue weighted by Crippen LogP contribution is 2.25. The molecule has 0 fully saturated rings. The number of halogens is 2. The molecule has 1 aromatic rings. The lowest BCUT2D eigenvalue weighted by Gasteiger charge is -2.11. The molecule has 2 nitrogen and oxygen atoms in total. The van der Waals surface area contributed by atoms with Crippen LogP contribution in [0.4, 0.5) is 8.78 Å². The minimum absolute atomic E-state index is 0.0592. The van der Waals surface area contributed by atoms with E-state index in [1.165, 1.54) is 6.07 Å². The Morgan fingerprint density at radius 2 is 2.06 bits per heavy atom. The van der Waals surface area contributed by atoms with Crippen molar-refractivity contribution in [3.8, 4) is 5.75 Å². The van der Waals surface area contributed by atoms with Gasteiger partial charge in [-0.05, 0) is 18.9 Å². The molecule has 0 bridgehead atoms. The zero-order valence-corrected chi connectivity index (χ0v) is 9.30. The molecule has 0 aromatic heterocycles. The lowest BCUT2D eigenvalue weighted by molar-refractivity contribution is 0.276. The van der Waals surface area contributed by atoms with Gasteiger partial charge in [-0.25, -0.2) is 8.78 Å². The van der Waals surface area contributed by atoms with E-state index in [0.717, 1.165) is 18.9 Å². The van der Waals surface area contributed by atoms with Crippen LogP contribution in [0.5, 0.6) is 5.75 Å². The summed E-state index contributed by atoms with van der Waals surface area (Å²) in [4.78, 5) is 0. The number of hydrogen-bond donors (Lipinski definition) is 1. The number of rotatable bonds is 6. The molecule has 1 N–H and O–H groups in total. The van der Waals surface area contributed by atoms with Gasteiger partial charge in [0.1, 0.15) is 5.82 Å². The zero-order valence-electron chi connectivity index (χ0n) is 9.30. The van der Waals surface area contributed by atoms with Gasteiger partial charge in [0.25, 0.3) is 0 Å². The number of benzene rings is 1. The molecule has 0 saturated carbocycles. The third-order valence-electron chi connectivity index (χ3n) is 2.21. The van der Waals surface area contributed by atoms with Crippen LogP contribution in [-0.2, 0) is 6.42 Å². The van der Waals surface area contributed by atoms with Crippen LogP contribution in [0, 0.1) is 11.6 Å². The zero-order chi connectivity index (χ0) is 12.0. The largest absolute Gasteiger partial charge is 0.490 e. The molecule has 0 radical (unpaired) electrons. The van der Waals surface area contributed by atoms with Crippen molar-refractivity contribution in [2.75, 3.05) is 13.2 Å². The first-order valence-electron chi connectivity index (χ1n) is 5.40. The SMILES string of the molecule is CCCCOc1c(F)cc(F)cc1CCO. The molecule has 16 heavy (non-hydrogen) atoms. The molecule has 0 heterocycles. The fourth-order valence-corrected chi connectivity index (χ4v) is 1.40. The quantitative estimate of drug-likeness (QED) is 0.761. The van der Waals surface area contributed by atoms with E-state index in [4.69, 9.17) is 9.84 Å². The minimum Gasteiger partial charge on any atom is -0.490 e. The highest BCUT2D eigenvalue weighted by molar-refractivity contribution is 5.35. The van der Waals surface area contributed by atoms with Crippen LogP contribution >= 0.6 is 0 Å². The van der Waals surface area contributed by atoms with E-state index in [1.54, 1.807) is 0 Å². The Hall–Kier alpha value is -1.16. The Morgan fingerprint density at radius 3 is 2.69 bits per heavy atom. The second kappa shape index (κ2) is 6.43. The van der Waals surface area contributed by atoms with Gasteiger partial charge < -0.3 is 9.84 Å². The van der Waals surface area contributed by atoms with Crippen LogP contribution in [0.1, 0.15) is 25.3 Å². The van der Waals surface area contributed by atoms with Crippen molar-refractivity contribution in [1.29, 1.82) is 0 Å². The molecule has 0 amide bonds. The summed E-state index contributed by atoms with van der Waals surface area (Å²) in [6, 6.07) is 1.99. The van der Waals surface area contributed by atoms with Crippen molar-refractivity contribution in [1.82, 2.24) is 0 Å². The van der Waals surface area contributed by atoms with Gasteiger partial charge >= 0.3 is 0 Å². The minimum atomic E-state index is -0.709. The van der Waals surface area contributed by atoms with Crippen LogP contribution in [0.3, 0.4) is 0 Å². The van der Waals surface area contributed by atoms with E-state index in [0.29, 0.717) is 12.2 Å². The highest BCUT2D eigenvalue weighted by Gasteiger charge is 2.12. The molecule has 90 valence electrons. The molecule has 4 heteroatoms. The van der Waals surface area contributed by atoms with Gasteiger partial charge in [-0.2, -0.15) is 0 Å². The maximum atomic E-state index is 13.4. The molecule has 0 spiro atoms. The summed E-state index contributed by atoms with van der Waals surface area (Å²) >= 11 is 0. The summed E-state index contributed by atoms with van der Waals surface area (Å²) in [5.74, 6) is -1.30. The molecule has 0 aliphatic rings. The van der Waals surface area contributed by atoms with Gasteiger partial charge in [0.05, 0.1) is 6.61 Å². The molecular formula is C12H16F2O2. The van der Waals surface area contributed by atoms with Gasteiger partial charge in [-0.1, -0.05) is 13.3 Å². The molecular weight excluding hydrogens is 214 g/mol. The summed E-state index contributed by atoms with van der Waals surface area (Å²) in [5, 5.41) is 8.80. The summed E-state index contributed by atoms with van der Waals surface area (Å²) in [6.45, 7) is 2.24. The Bertz CT molecular complexity index is 340. The number of aliphatic hydroxyl groups is 1. The fourth-order valence-electron chi connectivity index (χ4n) is 1.40. The third-order valence-corrected chi connectivity index (χ3v) is 2.21. The maximum absolute atomic E-state index is 13.4. The smallest absolute Gasteiger partial charge is 0.168 e. The van der Waals surface area contributed by atoms with E-state index < -0.39 is 11.6 Å². The van der Waals surface area contributed by atoms with Crippen molar-refractivity contribution >= 4 is 0 Å². The number of ether oxygens (including phenoxy) is 1. The normalized spacial score (nSPS) is 10.5. The average Bonchev–Trinajstić information content (AvgIpc) is 2.22. The Kier molecular flexibility index (Phi) is 5.19. The van der Waals surface area contributed by atoms with E-state index in [2.05, 4.69) is 0 Å². The number of hydrogen-bond acceptors (Lipinski definition) is 2. The molecule has 0 atom stereocenters. The van der Waals surface area contributed by atoms with Crippen molar-refractivity contribution < 1.29 is 18.6 Å². The Morgan fingerprint density at radius 1 is 1.31 bits per heavy atom. The summed E-state index contributed by atoms with van der Waals surface area (Å²) in [5.41, 5.74) is 0.371. The molecule has 0 saturated heterocycles. The first-order valence-corrected chi connectivity index (χ1v) is 5.40. The first kappa shape index (κ1) is 12.9. The molecule has 0 aliphatic carbocycles. The highest BCUT2D eigenvalue weighted by atomic mass is 19.1. The monoisotopic (exact) mass is 230 g/mol. The predicted molar refractivity (Wildman–Crippen MR) is 57.6 cm³/mol. The van der Waals surface area contributed by atoms with Crippen LogP contribution in [-0.4, -0.2) is 18.3 Å². The van der Waals surface area contributed by atoms with Gasteiger partial charge in [-0.15, -0.1) is 0 Å². The van der Waals surface area contributed by atoms with Crippen molar-refractivity contribution in [2.45, 2.75) is 26.2 Å². The average molecular weight is 230 g/mol. The third kappa shape index (κ3) is 3.45. The van der Waals surface area contributed by atoms with E-state index >= 15 is 0 Å². The van der Waals surface area contributed by atoms with E-state index in [-0.39, 0.29) is 18.8 Å². The molecule has 1 aromatic carbocycles. The number of unbranched alkanes of at least 4 members (excludes halogenated alkanes) is 1. The van der Waals surface area contributed by atoms with E-state index in [1.807, 2.05) is 6.92 Å². The lowest BCUT2D eigenvalue weighted by atomic mass is 10.1. The summed E-state index contributed by atoms with van der Waals surface area (Å²) < 4.78 is 31.6. The van der Waals surface area contributed by atoms with Crippen molar-refractivity contribution in [3.05, 3.63) is 29.3 Å². The fraction of sp³-hybridized carbons (Fsp3) is 0.500. The van der Waals surface area contributed by atoms with Gasteiger partial charge in [0, 0.05) is 18.2 Å². The van der Waals surface area contributed by atoms with Gasteiger partial charge in [0.15, 0.2) is 11.6 Å². The first-order chi connectivity index (χ1) is 7.69. The summed E-state index contributed by atoms with van der Waals surface area (Å²) in [6.07, 6.45) is 1.95. The predicted octanol–water partition coefficient (Wildman–Crippen LogP) is 2.68. The van der Waals surface area contributed by atoms with Gasteiger partial charge in [0.2, 0.25) is 0 Å². The second-order valence-electron chi connectivity index (χ2n) is 3.55. The maximum Gasteiger partial charge on any atom is 0.168 e. The molecule has 0 unspecified atom stereocenters. The topological polar surface area (TPSA) is 29.5 Å².